The second-order valence-corrected chi connectivity index (χ2v) is 11.3. The Labute approximate surface area is 197 Å². The van der Waals surface area contributed by atoms with E-state index in [0.717, 1.165) is 16.0 Å². The van der Waals surface area contributed by atoms with Gasteiger partial charge < -0.3 is 0 Å². The Morgan fingerprint density at radius 2 is 1.52 bits per heavy atom. The van der Waals surface area contributed by atoms with Gasteiger partial charge in [-0.15, -0.1) is 0 Å². The first-order chi connectivity index (χ1) is 15.4. The number of carbonyl (C=O) groups excluding carboxylic acids is 3. The minimum atomic E-state index is -3.96. The van der Waals surface area contributed by atoms with Gasteiger partial charge in [0, 0.05) is 17.9 Å². The lowest BCUT2D eigenvalue weighted by atomic mass is 9.81. The summed E-state index contributed by atoms with van der Waals surface area (Å²) in [7, 11) is -3.96. The molecule has 1 aliphatic rings. The summed E-state index contributed by atoms with van der Waals surface area (Å²) in [6.45, 7) is 3.17. The van der Waals surface area contributed by atoms with Crippen LogP contribution in [0.2, 0.25) is 5.02 Å². The van der Waals surface area contributed by atoms with Gasteiger partial charge in [-0.05, 0) is 40.8 Å². The van der Waals surface area contributed by atoms with E-state index >= 15 is 0 Å². The number of likely N-dealkylation sites (tertiary alicyclic amines) is 1. The highest BCUT2D eigenvalue weighted by Gasteiger charge is 2.39. The number of nitrogens with zero attached hydrogens (tertiary/aromatic N) is 2. The fourth-order valence-corrected chi connectivity index (χ4v) is 5.40. The molecule has 0 saturated carbocycles. The van der Waals surface area contributed by atoms with Crippen molar-refractivity contribution in [3.05, 3.63) is 53.6 Å². The summed E-state index contributed by atoms with van der Waals surface area (Å²) in [5.41, 5.74) is 1.14. The van der Waals surface area contributed by atoms with E-state index in [1.165, 1.54) is 12.1 Å². The summed E-state index contributed by atoms with van der Waals surface area (Å²) in [5.74, 6) is -1.60. The maximum atomic E-state index is 13.0. The summed E-state index contributed by atoms with van der Waals surface area (Å²) < 4.78 is 26.0. The molecule has 1 unspecified atom stereocenters. The molecule has 176 valence electrons. The first-order valence-electron chi connectivity index (χ1n) is 10.3. The molecule has 8 nitrogen and oxygen atoms in total. The summed E-state index contributed by atoms with van der Waals surface area (Å²) >= 11 is 5.90. The molecule has 0 radical (unpaired) electrons. The predicted molar refractivity (Wildman–Crippen MR) is 122 cm³/mol. The Kier molecular flexibility index (Phi) is 7.26. The topological polar surface area (TPSA) is 112 Å². The lowest BCUT2D eigenvalue weighted by Gasteiger charge is -2.37. The number of rotatable bonds is 8. The Morgan fingerprint density at radius 1 is 1.03 bits per heavy atom. The van der Waals surface area contributed by atoms with Crippen molar-refractivity contribution >= 4 is 39.7 Å². The molecule has 1 N–H and O–H groups in total. The molecular weight excluding hydrogens is 468 g/mol. The summed E-state index contributed by atoms with van der Waals surface area (Å²) in [6.07, 6.45) is 0.278. The number of benzene rings is 2. The second kappa shape index (κ2) is 9.62. The minimum Gasteiger partial charge on any atom is -0.286 e. The van der Waals surface area contributed by atoms with Gasteiger partial charge >= 0.3 is 0 Å². The molecule has 3 rings (SSSR count). The zero-order valence-electron chi connectivity index (χ0n) is 18.3. The summed E-state index contributed by atoms with van der Waals surface area (Å²) in [6, 6.07) is 11.9. The Bertz CT molecular complexity index is 1130. The van der Waals surface area contributed by atoms with Gasteiger partial charge in [0.2, 0.25) is 18.2 Å². The second-order valence-electron chi connectivity index (χ2n) is 8.87. The van der Waals surface area contributed by atoms with Gasteiger partial charge in [-0.3, -0.25) is 24.5 Å². The van der Waals surface area contributed by atoms with Crippen molar-refractivity contribution < 1.29 is 28.0 Å². The number of piperidine rings is 1. The maximum absolute atomic E-state index is 13.0. The molecular formula is C23H25ClN2O6S. The van der Waals surface area contributed by atoms with Crippen LogP contribution in [0.1, 0.15) is 26.7 Å². The van der Waals surface area contributed by atoms with Crippen molar-refractivity contribution in [2.24, 2.45) is 5.41 Å². The molecule has 0 aromatic heterocycles. The lowest BCUT2D eigenvalue weighted by molar-refractivity contribution is -0.166. The third kappa shape index (κ3) is 5.98. The quantitative estimate of drug-likeness (QED) is 0.262. The SMILES string of the molecule is CC1(C)CC(=O)N(CC(CS(=O)(=O)c2ccc(-c3ccc(Cl)cc3)cc2)N(O)C=O)C(=O)C1. The van der Waals surface area contributed by atoms with Crippen LogP contribution in [0.4, 0.5) is 0 Å². The predicted octanol–water partition coefficient (Wildman–Crippen LogP) is 3.17. The van der Waals surface area contributed by atoms with Crippen LogP contribution in [-0.4, -0.2) is 60.2 Å². The molecule has 1 heterocycles. The zero-order valence-corrected chi connectivity index (χ0v) is 19.8. The Balaban J connectivity index is 1.79. The van der Waals surface area contributed by atoms with Crippen molar-refractivity contribution in [2.75, 3.05) is 12.3 Å². The molecule has 33 heavy (non-hydrogen) atoms. The molecule has 1 aliphatic heterocycles. The fraction of sp³-hybridized carbons (Fsp3) is 0.348. The molecule has 1 atom stereocenters. The fourth-order valence-electron chi connectivity index (χ4n) is 3.77. The van der Waals surface area contributed by atoms with Crippen LogP contribution in [0.5, 0.6) is 0 Å². The first-order valence-corrected chi connectivity index (χ1v) is 12.3. The van der Waals surface area contributed by atoms with Gasteiger partial charge in [0.05, 0.1) is 23.2 Å². The van der Waals surface area contributed by atoms with Crippen molar-refractivity contribution in [1.82, 2.24) is 9.96 Å². The molecule has 1 fully saturated rings. The van der Waals surface area contributed by atoms with E-state index in [0.29, 0.717) is 5.02 Å². The molecule has 2 aromatic rings. The van der Waals surface area contributed by atoms with E-state index in [9.17, 15) is 28.0 Å². The van der Waals surface area contributed by atoms with Gasteiger partial charge in [-0.25, -0.2) is 13.5 Å². The first kappa shape index (κ1) is 24.9. The molecule has 1 saturated heterocycles. The van der Waals surface area contributed by atoms with Gasteiger partial charge in [-0.1, -0.05) is 49.7 Å². The zero-order chi connectivity index (χ0) is 24.4. The smallest absolute Gasteiger partial charge is 0.233 e. The van der Waals surface area contributed by atoms with Crippen LogP contribution in [-0.2, 0) is 24.2 Å². The van der Waals surface area contributed by atoms with E-state index in [-0.39, 0.29) is 29.2 Å². The highest BCUT2D eigenvalue weighted by Crippen LogP contribution is 2.32. The minimum absolute atomic E-state index is 0.0121. The van der Waals surface area contributed by atoms with Crippen LogP contribution >= 0.6 is 11.6 Å². The molecule has 2 aromatic carbocycles. The third-order valence-corrected chi connectivity index (χ3v) is 7.61. The van der Waals surface area contributed by atoms with E-state index in [2.05, 4.69) is 0 Å². The van der Waals surface area contributed by atoms with Crippen molar-refractivity contribution in [2.45, 2.75) is 37.6 Å². The largest absolute Gasteiger partial charge is 0.286 e. The monoisotopic (exact) mass is 492 g/mol. The van der Waals surface area contributed by atoms with Crippen LogP contribution in [0.25, 0.3) is 11.1 Å². The molecule has 10 heteroatoms. The van der Waals surface area contributed by atoms with Crippen molar-refractivity contribution in [3.63, 3.8) is 0 Å². The van der Waals surface area contributed by atoms with E-state index in [4.69, 9.17) is 11.6 Å². The number of hydrogen-bond acceptors (Lipinski definition) is 6. The van der Waals surface area contributed by atoms with E-state index in [1.54, 1.807) is 38.1 Å². The number of imide groups is 1. The number of halogens is 1. The Morgan fingerprint density at radius 3 is 2.00 bits per heavy atom. The highest BCUT2D eigenvalue weighted by molar-refractivity contribution is 7.91. The maximum Gasteiger partial charge on any atom is 0.233 e. The molecule has 0 bridgehead atoms. The standard InChI is InChI=1S/C23H25ClN2O6S/c1-23(2)11-21(28)25(22(29)12-23)13-19(26(30)15-27)14-33(31,32)20-9-5-17(6-10-20)16-3-7-18(24)8-4-16/h3-10,15,19,30H,11-14H2,1-2H3. The van der Waals surface area contributed by atoms with Gasteiger partial charge in [0.1, 0.15) is 0 Å². The van der Waals surface area contributed by atoms with E-state index in [1.807, 2.05) is 12.1 Å². The third-order valence-electron chi connectivity index (χ3n) is 5.54. The average Bonchev–Trinajstić information content (AvgIpc) is 2.74. The Hall–Kier alpha value is -2.75. The van der Waals surface area contributed by atoms with Gasteiger partial charge in [-0.2, -0.15) is 0 Å². The van der Waals surface area contributed by atoms with E-state index < -0.39 is 45.4 Å². The number of sulfone groups is 1. The normalized spacial score (nSPS) is 17.0. The van der Waals surface area contributed by atoms with Gasteiger partial charge in [0.25, 0.3) is 0 Å². The van der Waals surface area contributed by atoms with Crippen molar-refractivity contribution in [3.8, 4) is 11.1 Å². The van der Waals surface area contributed by atoms with Crippen LogP contribution < -0.4 is 0 Å². The van der Waals surface area contributed by atoms with Crippen molar-refractivity contribution in [1.29, 1.82) is 0 Å². The molecule has 0 aliphatic carbocycles. The molecule has 3 amide bonds. The van der Waals surface area contributed by atoms with Crippen LogP contribution in [0.3, 0.4) is 0 Å². The van der Waals surface area contributed by atoms with Gasteiger partial charge in [0.15, 0.2) is 9.84 Å². The average molecular weight is 493 g/mol. The van der Waals surface area contributed by atoms with Crippen LogP contribution in [0, 0.1) is 5.41 Å². The van der Waals surface area contributed by atoms with Crippen LogP contribution in [0.15, 0.2) is 53.4 Å². The highest BCUT2D eigenvalue weighted by atomic mass is 35.5. The number of carbonyl (C=O) groups is 3. The summed E-state index contributed by atoms with van der Waals surface area (Å²) in [4.78, 5) is 37.0. The lowest BCUT2D eigenvalue weighted by Crippen LogP contribution is -2.53. The number of amides is 3. The number of hydrogen-bond donors (Lipinski definition) is 1. The molecule has 0 spiro atoms. The summed E-state index contributed by atoms with van der Waals surface area (Å²) in [5, 5.41) is 10.8. The number of hydroxylamine groups is 2.